The standard InChI is InChI=1S/C15H25N5O/c1-12(2)9-15(21)20-7-5-19(6-8-20)14-10-13(18(3)4)11-16-17-14/h10-12H,5-9H2,1-4H3. The summed E-state index contributed by atoms with van der Waals surface area (Å²) in [5.41, 5.74) is 1.04. The van der Waals surface area contributed by atoms with Gasteiger partial charge in [-0.1, -0.05) is 13.8 Å². The number of carbonyl (C=O) groups excluding carboxylic acids is 1. The minimum absolute atomic E-state index is 0.262. The fourth-order valence-electron chi connectivity index (χ4n) is 2.41. The SMILES string of the molecule is CC(C)CC(=O)N1CCN(c2cc(N(C)C)cnn2)CC1. The molecule has 1 aromatic rings. The quantitative estimate of drug-likeness (QED) is 0.835. The van der Waals surface area contributed by atoms with Crippen LogP contribution in [0.1, 0.15) is 20.3 Å². The van der Waals surface area contributed by atoms with Crippen molar-refractivity contribution in [1.29, 1.82) is 0 Å². The van der Waals surface area contributed by atoms with Gasteiger partial charge in [0.25, 0.3) is 0 Å². The number of rotatable bonds is 4. The van der Waals surface area contributed by atoms with E-state index in [1.54, 1.807) is 6.20 Å². The Bertz CT molecular complexity index is 481. The average Bonchev–Trinajstić information content (AvgIpc) is 2.47. The van der Waals surface area contributed by atoms with Crippen molar-refractivity contribution in [2.75, 3.05) is 50.1 Å². The van der Waals surface area contributed by atoms with Crippen LogP contribution in [0.3, 0.4) is 0 Å². The molecule has 1 fully saturated rings. The van der Waals surface area contributed by atoms with Gasteiger partial charge in [-0.15, -0.1) is 5.10 Å². The fraction of sp³-hybridized carbons (Fsp3) is 0.667. The van der Waals surface area contributed by atoms with E-state index in [0.29, 0.717) is 12.3 Å². The summed E-state index contributed by atoms with van der Waals surface area (Å²) in [6.45, 7) is 7.32. The molecule has 0 aromatic carbocycles. The molecule has 21 heavy (non-hydrogen) atoms. The number of piperazine rings is 1. The van der Waals surface area contributed by atoms with E-state index >= 15 is 0 Å². The van der Waals surface area contributed by atoms with Crippen molar-refractivity contribution in [3.63, 3.8) is 0 Å². The molecule has 6 nitrogen and oxygen atoms in total. The van der Waals surface area contributed by atoms with Crippen LogP contribution in [0.15, 0.2) is 12.3 Å². The van der Waals surface area contributed by atoms with E-state index in [-0.39, 0.29) is 5.91 Å². The summed E-state index contributed by atoms with van der Waals surface area (Å²) < 4.78 is 0. The molecule has 0 spiro atoms. The summed E-state index contributed by atoms with van der Waals surface area (Å²) in [7, 11) is 3.98. The molecule has 6 heteroatoms. The highest BCUT2D eigenvalue weighted by Crippen LogP contribution is 2.18. The Kier molecular flexibility index (Phi) is 4.98. The van der Waals surface area contributed by atoms with Crippen LogP contribution in [0.5, 0.6) is 0 Å². The normalized spacial score (nSPS) is 15.5. The third-order valence-electron chi connectivity index (χ3n) is 3.68. The van der Waals surface area contributed by atoms with Gasteiger partial charge in [0.15, 0.2) is 5.82 Å². The molecule has 1 amide bonds. The van der Waals surface area contributed by atoms with Crippen LogP contribution in [0.4, 0.5) is 11.5 Å². The van der Waals surface area contributed by atoms with Gasteiger partial charge in [0.05, 0.1) is 11.9 Å². The molecule has 0 aliphatic carbocycles. The van der Waals surface area contributed by atoms with Crippen molar-refractivity contribution in [2.24, 2.45) is 5.92 Å². The van der Waals surface area contributed by atoms with E-state index in [0.717, 1.165) is 37.7 Å². The minimum Gasteiger partial charge on any atom is -0.376 e. The van der Waals surface area contributed by atoms with E-state index < -0.39 is 0 Å². The molecule has 0 unspecified atom stereocenters. The van der Waals surface area contributed by atoms with E-state index in [9.17, 15) is 4.79 Å². The molecular formula is C15H25N5O. The lowest BCUT2D eigenvalue weighted by atomic mass is 10.1. The van der Waals surface area contributed by atoms with Crippen molar-refractivity contribution in [2.45, 2.75) is 20.3 Å². The molecule has 2 rings (SSSR count). The van der Waals surface area contributed by atoms with Crippen LogP contribution in [-0.4, -0.2) is 61.3 Å². The molecule has 1 saturated heterocycles. The van der Waals surface area contributed by atoms with Gasteiger partial charge < -0.3 is 14.7 Å². The lowest BCUT2D eigenvalue weighted by Crippen LogP contribution is -2.49. The van der Waals surface area contributed by atoms with Crippen LogP contribution >= 0.6 is 0 Å². The van der Waals surface area contributed by atoms with E-state index in [1.807, 2.05) is 30.0 Å². The highest BCUT2D eigenvalue weighted by molar-refractivity contribution is 5.76. The van der Waals surface area contributed by atoms with Crippen molar-refractivity contribution in [3.8, 4) is 0 Å². The molecular weight excluding hydrogens is 266 g/mol. The van der Waals surface area contributed by atoms with Gasteiger partial charge in [0.2, 0.25) is 5.91 Å². The number of aromatic nitrogens is 2. The molecule has 1 aromatic heterocycles. The summed E-state index contributed by atoms with van der Waals surface area (Å²) in [4.78, 5) is 18.2. The van der Waals surface area contributed by atoms with Gasteiger partial charge in [-0.2, -0.15) is 5.10 Å². The zero-order valence-corrected chi connectivity index (χ0v) is 13.4. The summed E-state index contributed by atoms with van der Waals surface area (Å²) in [6, 6.07) is 2.04. The zero-order valence-electron chi connectivity index (χ0n) is 13.4. The van der Waals surface area contributed by atoms with Gasteiger partial charge in [-0.05, 0) is 5.92 Å². The monoisotopic (exact) mass is 291 g/mol. The third kappa shape index (κ3) is 4.06. The maximum atomic E-state index is 12.1. The molecule has 0 saturated carbocycles. The lowest BCUT2D eigenvalue weighted by Gasteiger charge is -2.35. The third-order valence-corrected chi connectivity index (χ3v) is 3.68. The second kappa shape index (κ2) is 6.74. The second-order valence-corrected chi connectivity index (χ2v) is 6.13. The Hall–Kier alpha value is -1.85. The van der Waals surface area contributed by atoms with Crippen LogP contribution in [-0.2, 0) is 4.79 Å². The van der Waals surface area contributed by atoms with E-state index in [1.165, 1.54) is 0 Å². The van der Waals surface area contributed by atoms with Gasteiger partial charge in [-0.3, -0.25) is 4.79 Å². The molecule has 2 heterocycles. The van der Waals surface area contributed by atoms with Gasteiger partial charge in [0.1, 0.15) is 0 Å². The topological polar surface area (TPSA) is 52.6 Å². The number of amides is 1. The van der Waals surface area contributed by atoms with Crippen molar-refractivity contribution >= 4 is 17.4 Å². The van der Waals surface area contributed by atoms with Crippen LogP contribution in [0.2, 0.25) is 0 Å². The first kappa shape index (κ1) is 15.5. The smallest absolute Gasteiger partial charge is 0.222 e. The largest absolute Gasteiger partial charge is 0.376 e. The first-order valence-corrected chi connectivity index (χ1v) is 7.50. The summed E-state index contributed by atoms with van der Waals surface area (Å²) in [5.74, 6) is 1.56. The number of hydrogen-bond donors (Lipinski definition) is 0. The fourth-order valence-corrected chi connectivity index (χ4v) is 2.41. The van der Waals surface area contributed by atoms with E-state index in [2.05, 4.69) is 28.9 Å². The van der Waals surface area contributed by atoms with Crippen LogP contribution in [0, 0.1) is 5.92 Å². The maximum absolute atomic E-state index is 12.1. The molecule has 0 N–H and O–H groups in total. The Morgan fingerprint density at radius 1 is 1.29 bits per heavy atom. The summed E-state index contributed by atoms with van der Waals surface area (Å²) >= 11 is 0. The molecule has 116 valence electrons. The molecule has 0 atom stereocenters. The zero-order chi connectivity index (χ0) is 15.4. The van der Waals surface area contributed by atoms with E-state index in [4.69, 9.17) is 0 Å². The number of nitrogens with zero attached hydrogens (tertiary/aromatic N) is 5. The average molecular weight is 291 g/mol. The van der Waals surface area contributed by atoms with Crippen molar-refractivity contribution in [3.05, 3.63) is 12.3 Å². The number of hydrogen-bond acceptors (Lipinski definition) is 5. The second-order valence-electron chi connectivity index (χ2n) is 6.13. The first-order chi connectivity index (χ1) is 9.97. The lowest BCUT2D eigenvalue weighted by molar-refractivity contribution is -0.132. The number of anilines is 2. The maximum Gasteiger partial charge on any atom is 0.222 e. The molecule has 1 aliphatic heterocycles. The summed E-state index contributed by atoms with van der Waals surface area (Å²) in [6.07, 6.45) is 2.39. The Morgan fingerprint density at radius 2 is 1.95 bits per heavy atom. The first-order valence-electron chi connectivity index (χ1n) is 7.50. The molecule has 1 aliphatic rings. The van der Waals surface area contributed by atoms with Crippen LogP contribution in [0.25, 0.3) is 0 Å². The van der Waals surface area contributed by atoms with Gasteiger partial charge >= 0.3 is 0 Å². The molecule has 0 bridgehead atoms. The molecule has 0 radical (unpaired) electrons. The number of carbonyl (C=O) groups is 1. The Balaban J connectivity index is 1.95. The predicted octanol–water partition coefficient (Wildman–Crippen LogP) is 1.24. The highest BCUT2D eigenvalue weighted by Gasteiger charge is 2.22. The van der Waals surface area contributed by atoms with Crippen LogP contribution < -0.4 is 9.80 Å². The van der Waals surface area contributed by atoms with Gasteiger partial charge in [-0.25, -0.2) is 0 Å². The Labute approximate surface area is 126 Å². The predicted molar refractivity (Wildman–Crippen MR) is 84.6 cm³/mol. The van der Waals surface area contributed by atoms with Crippen molar-refractivity contribution in [1.82, 2.24) is 15.1 Å². The van der Waals surface area contributed by atoms with Crippen molar-refractivity contribution < 1.29 is 4.79 Å². The minimum atomic E-state index is 0.262. The Morgan fingerprint density at radius 3 is 2.52 bits per heavy atom. The summed E-state index contributed by atoms with van der Waals surface area (Å²) in [5, 5.41) is 8.27. The van der Waals surface area contributed by atoms with Gasteiger partial charge in [0, 0.05) is 52.8 Å². The highest BCUT2D eigenvalue weighted by atomic mass is 16.2.